The van der Waals surface area contributed by atoms with Crippen molar-refractivity contribution in [2.75, 3.05) is 0 Å². The summed E-state index contributed by atoms with van der Waals surface area (Å²) in [5.74, 6) is 0. The Morgan fingerprint density at radius 1 is 0.778 bits per heavy atom. The Balaban J connectivity index is 0. The topological polar surface area (TPSA) is 46.1 Å². The van der Waals surface area contributed by atoms with Crippen LogP contribution in [0.1, 0.15) is 0 Å². The Bertz CT molecular complexity index is 316. The molecule has 0 aromatic heterocycles. The molecule has 2 nitrogen and oxygen atoms in total. The van der Waals surface area contributed by atoms with Gasteiger partial charge in [0.05, 0.1) is 0 Å². The van der Waals surface area contributed by atoms with Gasteiger partial charge in [0.2, 0.25) is 0 Å². The van der Waals surface area contributed by atoms with E-state index < -0.39 is 5.69 Å². The molecule has 0 atom stereocenters. The minimum absolute atomic E-state index is 0. The second-order valence-electron chi connectivity index (χ2n) is 2.60. The molecule has 0 saturated heterocycles. The first-order chi connectivity index (χ1) is 8.00. The third-order valence-corrected chi connectivity index (χ3v) is 1.21. The molecule has 95 valence electrons. The first kappa shape index (κ1) is 20.4. The summed E-state index contributed by atoms with van der Waals surface area (Å²) in [5.41, 5.74) is -3.72. The third kappa shape index (κ3) is 25.0. The molecule has 0 saturated carbocycles. The van der Waals surface area contributed by atoms with E-state index in [1.807, 2.05) is 60.7 Å². The van der Waals surface area contributed by atoms with E-state index in [0.717, 1.165) is 0 Å². The van der Waals surface area contributed by atoms with Crippen LogP contribution in [-0.2, 0) is 45.1 Å². The molecule has 0 bridgehead atoms. The van der Waals surface area contributed by atoms with Gasteiger partial charge in [0.25, 0.3) is 0 Å². The van der Waals surface area contributed by atoms with Crippen molar-refractivity contribution in [2.24, 2.45) is 0 Å². The average Bonchev–Trinajstić information content (AvgIpc) is 2.32. The average molecular weight is 377 g/mol. The number of hydrogen-bond donors (Lipinski definition) is 0. The van der Waals surface area contributed by atoms with Gasteiger partial charge in [0, 0.05) is 0 Å². The molecule has 18 heavy (non-hydrogen) atoms. The summed E-state index contributed by atoms with van der Waals surface area (Å²) in [5, 5.41) is 0. The summed E-state index contributed by atoms with van der Waals surface area (Å²) in [6.45, 7) is 0. The molecule has 2 aromatic rings. The van der Waals surface area contributed by atoms with Crippen LogP contribution in [0.4, 0.5) is 0 Å². The van der Waals surface area contributed by atoms with Crippen LogP contribution in [0.2, 0.25) is 0 Å². The molecule has 0 amide bonds. The summed E-state index contributed by atoms with van der Waals surface area (Å²) in [6.07, 6.45) is 0. The molecular formula is C12H10MoO2PS2-2. The van der Waals surface area contributed by atoms with Gasteiger partial charge in [-0.05, 0) is 0 Å². The SMILES string of the molecule is [Mo+3].[O-]P([O-])(=S)[S-].[c-]1ccccc1.[c-]1ccccc1. The predicted octanol–water partition coefficient (Wildman–Crippen LogP) is 1.45. The van der Waals surface area contributed by atoms with E-state index in [0.29, 0.717) is 0 Å². The molecule has 0 heterocycles. The van der Waals surface area contributed by atoms with E-state index in [1.165, 1.54) is 0 Å². The fourth-order valence-electron chi connectivity index (χ4n) is 0.684. The molecule has 0 spiro atoms. The van der Waals surface area contributed by atoms with Crippen molar-refractivity contribution in [3.8, 4) is 0 Å². The standard InChI is InChI=1S/2C6H5.Mo.H3O2PS2/c2*1-2-4-6-5-3-1;;1-3(2,4)5/h2*1-5H;;(H3,1,2,4,5)/q2*-1;+3;/p-3. The maximum absolute atomic E-state index is 9.29. The van der Waals surface area contributed by atoms with E-state index in [1.54, 1.807) is 0 Å². The van der Waals surface area contributed by atoms with Gasteiger partial charge >= 0.3 is 21.1 Å². The van der Waals surface area contributed by atoms with Crippen LogP contribution < -0.4 is 9.79 Å². The third-order valence-electron chi connectivity index (χ3n) is 1.21. The first-order valence-electron chi connectivity index (χ1n) is 4.55. The van der Waals surface area contributed by atoms with Crippen molar-refractivity contribution in [3.05, 3.63) is 72.8 Å². The van der Waals surface area contributed by atoms with E-state index in [2.05, 4.69) is 36.2 Å². The quantitative estimate of drug-likeness (QED) is 0.302. The fourth-order valence-corrected chi connectivity index (χ4v) is 0.684. The summed E-state index contributed by atoms with van der Waals surface area (Å²) in [6, 6.07) is 25.0. The van der Waals surface area contributed by atoms with Gasteiger partial charge < -0.3 is 27.7 Å². The summed E-state index contributed by atoms with van der Waals surface area (Å²) >= 11 is 7.28. The summed E-state index contributed by atoms with van der Waals surface area (Å²) in [4.78, 5) is 18.6. The monoisotopic (exact) mass is 379 g/mol. The Morgan fingerprint density at radius 3 is 1.06 bits per heavy atom. The minimum atomic E-state index is -3.72. The van der Waals surface area contributed by atoms with Crippen molar-refractivity contribution in [1.29, 1.82) is 0 Å². The predicted molar refractivity (Wildman–Crippen MR) is 72.2 cm³/mol. The van der Waals surface area contributed by atoms with Crippen LogP contribution in [0.3, 0.4) is 0 Å². The van der Waals surface area contributed by atoms with E-state index in [9.17, 15) is 9.79 Å². The van der Waals surface area contributed by atoms with Crippen molar-refractivity contribution in [2.45, 2.75) is 0 Å². The van der Waals surface area contributed by atoms with Gasteiger partial charge in [0.15, 0.2) is 0 Å². The maximum Gasteiger partial charge on any atom is 3.00 e. The smallest absolute Gasteiger partial charge is 0.850 e. The zero-order valence-electron chi connectivity index (χ0n) is 9.26. The molecule has 0 aliphatic rings. The first-order valence-corrected chi connectivity index (χ1v) is 8.20. The zero-order chi connectivity index (χ0) is 13.0. The molecule has 0 N–H and O–H groups in total. The summed E-state index contributed by atoms with van der Waals surface area (Å²) in [7, 11) is 0. The van der Waals surface area contributed by atoms with Crippen LogP contribution in [0.15, 0.2) is 60.7 Å². The molecule has 2 aromatic carbocycles. The number of rotatable bonds is 0. The second-order valence-corrected chi connectivity index (χ2v) is 7.07. The van der Waals surface area contributed by atoms with E-state index >= 15 is 0 Å². The van der Waals surface area contributed by atoms with Gasteiger partial charge in [-0.15, -0.1) is 0 Å². The van der Waals surface area contributed by atoms with Gasteiger partial charge in [-0.25, -0.2) is 0 Å². The molecule has 0 fully saturated rings. The van der Waals surface area contributed by atoms with Crippen molar-refractivity contribution in [1.82, 2.24) is 0 Å². The summed E-state index contributed by atoms with van der Waals surface area (Å²) < 4.78 is 0. The van der Waals surface area contributed by atoms with Crippen molar-refractivity contribution in [3.63, 3.8) is 0 Å². The Morgan fingerprint density at radius 2 is 1.00 bits per heavy atom. The van der Waals surface area contributed by atoms with E-state index in [-0.39, 0.29) is 21.1 Å². The van der Waals surface area contributed by atoms with Crippen LogP contribution in [0.25, 0.3) is 0 Å². The fraction of sp³-hybridized carbons (Fsp3) is 0. The van der Waals surface area contributed by atoms with Crippen molar-refractivity contribution < 1.29 is 30.9 Å². The normalized spacial score (nSPS) is 8.61. The maximum atomic E-state index is 9.29. The van der Waals surface area contributed by atoms with Gasteiger partial charge in [-0.3, -0.25) is 0 Å². The van der Waals surface area contributed by atoms with Crippen LogP contribution in [0, 0.1) is 12.1 Å². The Labute approximate surface area is 133 Å². The molecule has 0 aliphatic heterocycles. The number of hydrogen-bond acceptors (Lipinski definition) is 4. The molecule has 2 rings (SSSR count). The molecule has 0 unspecified atom stereocenters. The van der Waals surface area contributed by atoms with Crippen LogP contribution in [0.5, 0.6) is 0 Å². The molecular weight excluding hydrogens is 367 g/mol. The molecule has 0 aliphatic carbocycles. The van der Waals surface area contributed by atoms with Crippen LogP contribution >= 0.6 is 5.69 Å². The minimum Gasteiger partial charge on any atom is -0.850 e. The van der Waals surface area contributed by atoms with Gasteiger partial charge in [0.1, 0.15) is 0 Å². The largest absolute Gasteiger partial charge is 3.00 e. The Hall–Kier alpha value is 0.0483. The van der Waals surface area contributed by atoms with Crippen LogP contribution in [-0.4, -0.2) is 0 Å². The van der Waals surface area contributed by atoms with Crippen molar-refractivity contribution >= 4 is 29.7 Å². The second kappa shape index (κ2) is 13.5. The zero-order valence-corrected chi connectivity index (χ0v) is 13.8. The van der Waals surface area contributed by atoms with Gasteiger partial charge in [-0.2, -0.15) is 84.6 Å². The number of benzene rings is 2. The van der Waals surface area contributed by atoms with E-state index in [4.69, 9.17) is 0 Å². The Kier molecular flexibility index (Phi) is 15.3. The molecule has 1 radical (unpaired) electrons. The molecule has 6 heteroatoms. The van der Waals surface area contributed by atoms with Gasteiger partial charge in [-0.1, -0.05) is 0 Å².